The summed E-state index contributed by atoms with van der Waals surface area (Å²) in [7, 11) is 0. The third-order valence-corrected chi connectivity index (χ3v) is 3.73. The molecular formula is C14H14N4OS. The predicted molar refractivity (Wildman–Crippen MR) is 76.9 cm³/mol. The van der Waals surface area contributed by atoms with Gasteiger partial charge in [-0.1, -0.05) is 0 Å². The van der Waals surface area contributed by atoms with Gasteiger partial charge < -0.3 is 4.90 Å². The van der Waals surface area contributed by atoms with Gasteiger partial charge in [-0.25, -0.2) is 4.98 Å². The highest BCUT2D eigenvalue weighted by atomic mass is 32.1. The zero-order valence-electron chi connectivity index (χ0n) is 11.1. The highest BCUT2D eigenvalue weighted by Crippen LogP contribution is 2.22. The van der Waals surface area contributed by atoms with Gasteiger partial charge in [0.2, 0.25) is 5.91 Å². The molecule has 102 valence electrons. The van der Waals surface area contributed by atoms with E-state index in [0.29, 0.717) is 6.54 Å². The van der Waals surface area contributed by atoms with E-state index in [2.05, 4.69) is 9.97 Å². The fourth-order valence-corrected chi connectivity index (χ4v) is 2.55. The van der Waals surface area contributed by atoms with E-state index in [4.69, 9.17) is 5.26 Å². The van der Waals surface area contributed by atoms with Crippen molar-refractivity contribution in [2.75, 3.05) is 13.1 Å². The van der Waals surface area contributed by atoms with Crippen LogP contribution >= 0.6 is 11.3 Å². The SMILES string of the molecule is CCN(CC#N)C(=O)Cc1csc(-c2cccnc2)n1. The molecule has 1 amide bonds. The predicted octanol–water partition coefficient (Wildman–Crippen LogP) is 2.12. The van der Waals surface area contributed by atoms with Crippen molar-refractivity contribution < 1.29 is 4.79 Å². The van der Waals surface area contributed by atoms with Crippen molar-refractivity contribution in [3.63, 3.8) is 0 Å². The van der Waals surface area contributed by atoms with E-state index in [0.717, 1.165) is 16.3 Å². The molecule has 0 unspecified atom stereocenters. The first-order valence-electron chi connectivity index (χ1n) is 6.24. The highest BCUT2D eigenvalue weighted by molar-refractivity contribution is 7.13. The Morgan fingerprint density at radius 3 is 3.05 bits per heavy atom. The molecule has 2 rings (SSSR count). The molecule has 0 aliphatic rings. The summed E-state index contributed by atoms with van der Waals surface area (Å²) in [5.74, 6) is -0.0721. The maximum Gasteiger partial charge on any atom is 0.229 e. The van der Waals surface area contributed by atoms with Crippen LogP contribution in [0.2, 0.25) is 0 Å². The fraction of sp³-hybridized carbons (Fsp3) is 0.286. The van der Waals surface area contributed by atoms with Gasteiger partial charge in [0.15, 0.2) is 0 Å². The Kier molecular flexibility index (Phi) is 4.80. The highest BCUT2D eigenvalue weighted by Gasteiger charge is 2.14. The maximum absolute atomic E-state index is 12.0. The van der Waals surface area contributed by atoms with Gasteiger partial charge in [-0.05, 0) is 19.1 Å². The van der Waals surface area contributed by atoms with E-state index in [9.17, 15) is 4.79 Å². The van der Waals surface area contributed by atoms with Crippen LogP contribution in [-0.2, 0) is 11.2 Å². The smallest absolute Gasteiger partial charge is 0.229 e. The molecule has 0 aliphatic carbocycles. The van der Waals surface area contributed by atoms with Gasteiger partial charge in [-0.3, -0.25) is 9.78 Å². The minimum absolute atomic E-state index is 0.0721. The van der Waals surface area contributed by atoms with Crippen LogP contribution in [0.4, 0.5) is 0 Å². The van der Waals surface area contributed by atoms with Crippen molar-refractivity contribution in [3.8, 4) is 16.6 Å². The molecule has 2 aromatic rings. The molecule has 0 N–H and O–H groups in total. The quantitative estimate of drug-likeness (QED) is 0.789. The first kappa shape index (κ1) is 14.2. The maximum atomic E-state index is 12.0. The Morgan fingerprint density at radius 2 is 2.40 bits per heavy atom. The molecule has 0 bridgehead atoms. The van der Waals surface area contributed by atoms with E-state index < -0.39 is 0 Å². The van der Waals surface area contributed by atoms with Crippen LogP contribution in [-0.4, -0.2) is 33.9 Å². The summed E-state index contributed by atoms with van der Waals surface area (Å²) >= 11 is 1.49. The molecule has 20 heavy (non-hydrogen) atoms. The van der Waals surface area contributed by atoms with E-state index >= 15 is 0 Å². The summed E-state index contributed by atoms with van der Waals surface area (Å²) in [5.41, 5.74) is 1.68. The van der Waals surface area contributed by atoms with Crippen LogP contribution in [0.25, 0.3) is 10.6 Å². The monoisotopic (exact) mass is 286 g/mol. The minimum Gasteiger partial charge on any atom is -0.329 e. The number of carbonyl (C=O) groups is 1. The number of hydrogen-bond acceptors (Lipinski definition) is 5. The molecule has 2 aromatic heterocycles. The van der Waals surface area contributed by atoms with Crippen molar-refractivity contribution >= 4 is 17.2 Å². The lowest BCUT2D eigenvalue weighted by Gasteiger charge is -2.16. The Morgan fingerprint density at radius 1 is 1.55 bits per heavy atom. The second-order valence-corrected chi connectivity index (χ2v) is 4.99. The van der Waals surface area contributed by atoms with Gasteiger partial charge in [0.1, 0.15) is 11.6 Å². The van der Waals surface area contributed by atoms with Crippen LogP contribution in [0, 0.1) is 11.3 Å². The molecule has 0 fully saturated rings. The molecule has 6 heteroatoms. The van der Waals surface area contributed by atoms with Gasteiger partial charge in [0.05, 0.1) is 18.2 Å². The molecule has 0 atom stereocenters. The average molecular weight is 286 g/mol. The second-order valence-electron chi connectivity index (χ2n) is 4.13. The summed E-state index contributed by atoms with van der Waals surface area (Å²) in [6, 6.07) is 5.79. The molecule has 0 aromatic carbocycles. The Bertz CT molecular complexity index is 618. The zero-order valence-corrected chi connectivity index (χ0v) is 11.9. The molecule has 2 heterocycles. The number of nitriles is 1. The number of thiazole rings is 1. The van der Waals surface area contributed by atoms with Gasteiger partial charge in [-0.15, -0.1) is 11.3 Å². The normalized spacial score (nSPS) is 10.0. The number of carbonyl (C=O) groups excluding carboxylic acids is 1. The van der Waals surface area contributed by atoms with Crippen LogP contribution in [0.5, 0.6) is 0 Å². The third kappa shape index (κ3) is 3.39. The van der Waals surface area contributed by atoms with E-state index in [-0.39, 0.29) is 18.9 Å². The molecule has 5 nitrogen and oxygen atoms in total. The van der Waals surface area contributed by atoms with Crippen molar-refractivity contribution in [2.24, 2.45) is 0 Å². The molecule has 0 aliphatic heterocycles. The Balaban J connectivity index is 2.07. The summed E-state index contributed by atoms with van der Waals surface area (Å²) < 4.78 is 0. The van der Waals surface area contributed by atoms with E-state index in [1.807, 2.05) is 30.5 Å². The molecule has 0 saturated carbocycles. The summed E-state index contributed by atoms with van der Waals surface area (Å²) in [4.78, 5) is 22.0. The average Bonchev–Trinajstić information content (AvgIpc) is 2.94. The van der Waals surface area contributed by atoms with E-state index in [1.54, 1.807) is 12.4 Å². The van der Waals surface area contributed by atoms with Crippen molar-refractivity contribution in [2.45, 2.75) is 13.3 Å². The summed E-state index contributed by atoms with van der Waals surface area (Å²) in [6.07, 6.45) is 3.69. The van der Waals surface area contributed by atoms with E-state index in [1.165, 1.54) is 16.2 Å². The molecular weight excluding hydrogens is 272 g/mol. The molecule has 0 radical (unpaired) electrons. The van der Waals surface area contributed by atoms with Gasteiger partial charge >= 0.3 is 0 Å². The van der Waals surface area contributed by atoms with Crippen LogP contribution in [0.1, 0.15) is 12.6 Å². The largest absolute Gasteiger partial charge is 0.329 e. The molecule has 0 spiro atoms. The number of rotatable bonds is 5. The van der Waals surface area contributed by atoms with Gasteiger partial charge in [0, 0.05) is 29.9 Å². The van der Waals surface area contributed by atoms with Crippen molar-refractivity contribution in [1.82, 2.24) is 14.9 Å². The fourth-order valence-electron chi connectivity index (χ4n) is 1.74. The zero-order chi connectivity index (χ0) is 14.4. The number of amides is 1. The first-order valence-corrected chi connectivity index (χ1v) is 7.12. The number of nitrogens with zero attached hydrogens (tertiary/aromatic N) is 4. The van der Waals surface area contributed by atoms with Crippen molar-refractivity contribution in [1.29, 1.82) is 5.26 Å². The minimum atomic E-state index is -0.0721. The number of pyridine rings is 1. The van der Waals surface area contributed by atoms with Crippen LogP contribution in [0.3, 0.4) is 0 Å². The topological polar surface area (TPSA) is 69.9 Å². The lowest BCUT2D eigenvalue weighted by molar-refractivity contribution is -0.129. The van der Waals surface area contributed by atoms with Gasteiger partial charge in [0.25, 0.3) is 0 Å². The molecule has 0 saturated heterocycles. The second kappa shape index (κ2) is 6.78. The van der Waals surface area contributed by atoms with Crippen LogP contribution in [0.15, 0.2) is 29.9 Å². The lowest BCUT2D eigenvalue weighted by Crippen LogP contribution is -2.32. The van der Waals surface area contributed by atoms with Crippen molar-refractivity contribution in [3.05, 3.63) is 35.6 Å². The lowest BCUT2D eigenvalue weighted by atomic mass is 10.3. The standard InChI is InChI=1S/C14H14N4OS/c1-2-18(7-5-15)13(19)8-12-10-20-14(17-12)11-4-3-6-16-9-11/h3-4,6,9-10H,2,7-8H2,1H3. The number of likely N-dealkylation sites (N-methyl/N-ethyl adjacent to an activating group) is 1. The number of hydrogen-bond donors (Lipinski definition) is 0. The van der Waals surface area contributed by atoms with Crippen LogP contribution < -0.4 is 0 Å². The summed E-state index contributed by atoms with van der Waals surface area (Å²) in [5, 5.41) is 11.4. The number of aromatic nitrogens is 2. The summed E-state index contributed by atoms with van der Waals surface area (Å²) in [6.45, 7) is 2.51. The third-order valence-electron chi connectivity index (χ3n) is 2.79. The first-order chi connectivity index (χ1) is 9.74. The Hall–Kier alpha value is -2.26. The van der Waals surface area contributed by atoms with Gasteiger partial charge in [-0.2, -0.15) is 5.26 Å². The Labute approximate surface area is 121 Å².